The lowest BCUT2D eigenvalue weighted by atomic mass is 10.1. The van der Waals surface area contributed by atoms with Gasteiger partial charge in [0.05, 0.1) is 11.5 Å². The normalized spacial score (nSPS) is 10.7. The van der Waals surface area contributed by atoms with E-state index in [1.165, 1.54) is 17.2 Å². The standard InChI is InChI=1S/C14H15ClN2O2/c1-9-7-16(11(3)10(9)2)8-12-4-5-13(15)6-14(12)17(18)19/h4-7H,8H2,1-3H3. The van der Waals surface area contributed by atoms with Crippen LogP contribution in [-0.4, -0.2) is 9.49 Å². The molecule has 0 N–H and O–H groups in total. The first kappa shape index (κ1) is 13.6. The summed E-state index contributed by atoms with van der Waals surface area (Å²) in [5.41, 5.74) is 4.26. The molecule has 0 saturated carbocycles. The Morgan fingerprint density at radius 3 is 2.53 bits per heavy atom. The topological polar surface area (TPSA) is 48.1 Å². The van der Waals surface area contributed by atoms with Gasteiger partial charge in [-0.25, -0.2) is 0 Å². The van der Waals surface area contributed by atoms with Crippen LogP contribution >= 0.6 is 11.6 Å². The lowest BCUT2D eigenvalue weighted by Crippen LogP contribution is -2.04. The molecule has 1 aromatic carbocycles. The smallest absolute Gasteiger partial charge is 0.275 e. The van der Waals surface area contributed by atoms with E-state index in [2.05, 4.69) is 6.92 Å². The zero-order valence-electron chi connectivity index (χ0n) is 11.1. The van der Waals surface area contributed by atoms with Crippen molar-refractivity contribution in [1.29, 1.82) is 0 Å². The average Bonchev–Trinajstić information content (AvgIpc) is 2.59. The van der Waals surface area contributed by atoms with Gasteiger partial charge in [0.1, 0.15) is 0 Å². The first-order chi connectivity index (χ1) is 8.90. The lowest BCUT2D eigenvalue weighted by Gasteiger charge is -2.08. The van der Waals surface area contributed by atoms with Gasteiger partial charge in [0.2, 0.25) is 0 Å². The zero-order chi connectivity index (χ0) is 14.2. The Morgan fingerprint density at radius 2 is 2.00 bits per heavy atom. The van der Waals surface area contributed by atoms with Crippen LogP contribution in [0.1, 0.15) is 22.4 Å². The molecule has 5 heteroatoms. The van der Waals surface area contributed by atoms with Crippen LogP contribution in [0.15, 0.2) is 24.4 Å². The van der Waals surface area contributed by atoms with Crippen molar-refractivity contribution >= 4 is 17.3 Å². The summed E-state index contributed by atoms with van der Waals surface area (Å²) in [5, 5.41) is 11.4. The molecule has 1 aromatic heterocycles. The molecule has 0 radical (unpaired) electrons. The summed E-state index contributed by atoms with van der Waals surface area (Å²) in [6.07, 6.45) is 2.02. The number of hydrogen-bond donors (Lipinski definition) is 0. The van der Waals surface area contributed by atoms with Crippen LogP contribution in [0.5, 0.6) is 0 Å². The van der Waals surface area contributed by atoms with E-state index in [0.29, 0.717) is 17.1 Å². The number of halogens is 1. The molecule has 1 heterocycles. The predicted octanol–water partition coefficient (Wildman–Crippen LogP) is 4.02. The van der Waals surface area contributed by atoms with Crippen molar-refractivity contribution < 1.29 is 4.92 Å². The van der Waals surface area contributed by atoms with Gasteiger partial charge in [0, 0.05) is 28.5 Å². The highest BCUT2D eigenvalue weighted by atomic mass is 35.5. The predicted molar refractivity (Wildman–Crippen MR) is 75.9 cm³/mol. The van der Waals surface area contributed by atoms with Gasteiger partial charge in [-0.3, -0.25) is 10.1 Å². The number of rotatable bonds is 3. The Kier molecular flexibility index (Phi) is 3.62. The molecule has 0 saturated heterocycles. The van der Waals surface area contributed by atoms with Crippen molar-refractivity contribution in [1.82, 2.24) is 4.57 Å². The van der Waals surface area contributed by atoms with E-state index < -0.39 is 0 Å². The Bertz CT molecular complexity index is 647. The summed E-state index contributed by atoms with van der Waals surface area (Å²) >= 11 is 5.81. The van der Waals surface area contributed by atoms with Crippen molar-refractivity contribution in [2.45, 2.75) is 27.3 Å². The fourth-order valence-electron chi connectivity index (χ4n) is 2.12. The number of nitro groups is 1. The third-order valence-electron chi connectivity index (χ3n) is 3.50. The number of nitro benzene ring substituents is 1. The summed E-state index contributed by atoms with van der Waals surface area (Å²) in [7, 11) is 0. The molecule has 2 rings (SSSR count). The van der Waals surface area contributed by atoms with Gasteiger partial charge < -0.3 is 4.57 Å². The Hall–Kier alpha value is -1.81. The van der Waals surface area contributed by atoms with E-state index in [1.54, 1.807) is 12.1 Å². The third kappa shape index (κ3) is 2.63. The van der Waals surface area contributed by atoms with Gasteiger partial charge in [-0.1, -0.05) is 11.6 Å². The van der Waals surface area contributed by atoms with Gasteiger partial charge in [0.25, 0.3) is 5.69 Å². The van der Waals surface area contributed by atoms with E-state index in [-0.39, 0.29) is 10.6 Å². The van der Waals surface area contributed by atoms with Gasteiger partial charge >= 0.3 is 0 Å². The SMILES string of the molecule is Cc1cn(Cc2ccc(Cl)cc2[N+](=O)[O-])c(C)c1C. The van der Waals surface area contributed by atoms with Crippen molar-refractivity contribution in [2.24, 2.45) is 0 Å². The highest BCUT2D eigenvalue weighted by Crippen LogP contribution is 2.25. The molecule has 100 valence electrons. The number of hydrogen-bond acceptors (Lipinski definition) is 2. The molecule has 0 bridgehead atoms. The van der Waals surface area contributed by atoms with Gasteiger partial charge in [-0.2, -0.15) is 0 Å². The largest absolute Gasteiger partial charge is 0.347 e. The molecule has 0 spiro atoms. The Labute approximate surface area is 116 Å². The van der Waals surface area contributed by atoms with Gasteiger partial charge in [-0.05, 0) is 44.0 Å². The molecule has 0 aliphatic rings. The van der Waals surface area contributed by atoms with Crippen molar-refractivity contribution in [2.75, 3.05) is 0 Å². The fourth-order valence-corrected chi connectivity index (χ4v) is 2.28. The maximum absolute atomic E-state index is 11.1. The van der Waals surface area contributed by atoms with E-state index in [0.717, 1.165) is 5.69 Å². The zero-order valence-corrected chi connectivity index (χ0v) is 11.9. The maximum Gasteiger partial charge on any atom is 0.275 e. The third-order valence-corrected chi connectivity index (χ3v) is 3.73. The molecule has 0 fully saturated rings. The molecular weight excluding hydrogens is 264 g/mol. The number of nitrogens with zero attached hydrogens (tertiary/aromatic N) is 2. The highest BCUT2D eigenvalue weighted by molar-refractivity contribution is 6.30. The monoisotopic (exact) mass is 278 g/mol. The second-order valence-corrected chi connectivity index (χ2v) is 5.12. The maximum atomic E-state index is 11.1. The van der Waals surface area contributed by atoms with Crippen LogP contribution in [0.4, 0.5) is 5.69 Å². The summed E-state index contributed by atoms with van der Waals surface area (Å²) in [6.45, 7) is 6.59. The van der Waals surface area contributed by atoms with Crippen LogP contribution in [0.25, 0.3) is 0 Å². The van der Waals surface area contributed by atoms with Crippen molar-refractivity contribution in [3.8, 4) is 0 Å². The second kappa shape index (κ2) is 5.05. The minimum absolute atomic E-state index is 0.0657. The van der Waals surface area contributed by atoms with Gasteiger partial charge in [-0.15, -0.1) is 0 Å². The van der Waals surface area contributed by atoms with E-state index in [9.17, 15) is 10.1 Å². The molecule has 2 aromatic rings. The first-order valence-electron chi connectivity index (χ1n) is 5.96. The van der Waals surface area contributed by atoms with Gasteiger partial charge in [0.15, 0.2) is 0 Å². The number of aryl methyl sites for hydroxylation is 1. The molecule has 0 aliphatic heterocycles. The molecule has 0 amide bonds. The molecule has 0 aliphatic carbocycles. The highest BCUT2D eigenvalue weighted by Gasteiger charge is 2.16. The quantitative estimate of drug-likeness (QED) is 0.629. The van der Waals surface area contributed by atoms with Crippen LogP contribution < -0.4 is 0 Å². The van der Waals surface area contributed by atoms with Crippen molar-refractivity contribution in [3.63, 3.8) is 0 Å². The summed E-state index contributed by atoms with van der Waals surface area (Å²) in [5.74, 6) is 0. The summed E-state index contributed by atoms with van der Waals surface area (Å²) in [4.78, 5) is 10.7. The summed E-state index contributed by atoms with van der Waals surface area (Å²) < 4.78 is 2.03. The first-order valence-corrected chi connectivity index (χ1v) is 6.33. The Morgan fingerprint density at radius 1 is 1.32 bits per heavy atom. The minimum atomic E-state index is -0.389. The lowest BCUT2D eigenvalue weighted by molar-refractivity contribution is -0.385. The molecule has 19 heavy (non-hydrogen) atoms. The van der Waals surface area contributed by atoms with Crippen LogP contribution in [0.2, 0.25) is 5.02 Å². The van der Waals surface area contributed by atoms with E-state index >= 15 is 0 Å². The number of benzene rings is 1. The molecular formula is C14H15ClN2O2. The van der Waals surface area contributed by atoms with Crippen LogP contribution in [0.3, 0.4) is 0 Å². The fraction of sp³-hybridized carbons (Fsp3) is 0.286. The molecule has 0 unspecified atom stereocenters. The van der Waals surface area contributed by atoms with Crippen molar-refractivity contribution in [3.05, 3.63) is 61.9 Å². The van der Waals surface area contributed by atoms with Crippen LogP contribution in [-0.2, 0) is 6.54 Å². The second-order valence-electron chi connectivity index (χ2n) is 4.68. The van der Waals surface area contributed by atoms with Crippen LogP contribution in [0, 0.1) is 30.9 Å². The summed E-state index contributed by atoms with van der Waals surface area (Å²) in [6, 6.07) is 4.79. The minimum Gasteiger partial charge on any atom is -0.347 e. The van der Waals surface area contributed by atoms with E-state index in [4.69, 9.17) is 11.6 Å². The average molecular weight is 279 g/mol. The Balaban J connectivity index is 2.43. The molecule has 4 nitrogen and oxygen atoms in total. The molecule has 0 atom stereocenters. The number of aromatic nitrogens is 1. The van der Waals surface area contributed by atoms with E-state index in [1.807, 2.05) is 24.6 Å².